The number of carboxylic acid groups (broad SMARTS) is 1. The van der Waals surface area contributed by atoms with E-state index < -0.39 is 36.0 Å². The minimum absolute atomic E-state index is 0.321. The Bertz CT molecular complexity index is 854. The molecule has 1 aromatic heterocycles. The quantitative estimate of drug-likeness (QED) is 0.650. The Labute approximate surface area is 151 Å². The zero-order valence-corrected chi connectivity index (χ0v) is 14.2. The molecule has 8 nitrogen and oxygen atoms in total. The van der Waals surface area contributed by atoms with Crippen molar-refractivity contribution < 1.29 is 28.6 Å². The van der Waals surface area contributed by atoms with Crippen molar-refractivity contribution in [1.82, 2.24) is 10.3 Å². The molecule has 1 fully saturated rings. The molecule has 2 aromatic rings. The van der Waals surface area contributed by atoms with E-state index in [0.717, 1.165) is 0 Å². The number of nitrogens with zero attached hydrogens (tertiary/aromatic N) is 1. The highest BCUT2D eigenvalue weighted by atomic mass is 32.1. The normalized spacial score (nSPS) is 19.5. The van der Waals surface area contributed by atoms with Gasteiger partial charge in [-0.3, -0.25) is 9.59 Å². The van der Waals surface area contributed by atoms with Gasteiger partial charge < -0.3 is 20.5 Å². The Morgan fingerprint density at radius 2 is 1.96 bits per heavy atom. The van der Waals surface area contributed by atoms with Crippen molar-refractivity contribution in [2.24, 2.45) is 0 Å². The number of rotatable bonds is 6. The number of epoxide rings is 1. The fourth-order valence-electron chi connectivity index (χ4n) is 2.16. The van der Waals surface area contributed by atoms with Gasteiger partial charge in [0, 0.05) is 10.9 Å². The number of ether oxygens (including phenoxy) is 1. The number of anilines is 1. The Morgan fingerprint density at radius 1 is 1.27 bits per heavy atom. The van der Waals surface area contributed by atoms with Crippen molar-refractivity contribution >= 4 is 34.3 Å². The van der Waals surface area contributed by atoms with Gasteiger partial charge in [0.1, 0.15) is 11.9 Å². The van der Waals surface area contributed by atoms with Crippen LogP contribution in [0.3, 0.4) is 0 Å². The highest BCUT2D eigenvalue weighted by Gasteiger charge is 2.51. The summed E-state index contributed by atoms with van der Waals surface area (Å²) in [4.78, 5) is 38.8. The SMILES string of the molecule is CC(NC(=O)[C@H]1O[C@@H]1C(=O)O)C(=O)Nc1nc(-c2ccc(F)cc2)cs1. The summed E-state index contributed by atoms with van der Waals surface area (Å²) in [5.41, 5.74) is 1.28. The van der Waals surface area contributed by atoms with Gasteiger partial charge in [-0.1, -0.05) is 0 Å². The van der Waals surface area contributed by atoms with Gasteiger partial charge in [0.15, 0.2) is 17.3 Å². The number of carbonyl (C=O) groups excluding carboxylic acids is 2. The molecule has 1 aromatic carbocycles. The maximum absolute atomic E-state index is 13.0. The van der Waals surface area contributed by atoms with Crippen LogP contribution in [0, 0.1) is 5.82 Å². The number of carbonyl (C=O) groups is 3. The summed E-state index contributed by atoms with van der Waals surface area (Å²) in [6.45, 7) is 1.46. The monoisotopic (exact) mass is 379 g/mol. The van der Waals surface area contributed by atoms with Crippen LogP contribution in [0.2, 0.25) is 0 Å². The molecule has 136 valence electrons. The van der Waals surface area contributed by atoms with Crippen molar-refractivity contribution in [1.29, 1.82) is 0 Å². The molecule has 1 aliphatic heterocycles. The molecule has 0 aliphatic carbocycles. The van der Waals surface area contributed by atoms with E-state index in [2.05, 4.69) is 15.6 Å². The summed E-state index contributed by atoms with van der Waals surface area (Å²) in [5.74, 6) is -2.75. The third kappa shape index (κ3) is 4.03. The van der Waals surface area contributed by atoms with E-state index in [1.807, 2.05) is 0 Å². The second-order valence-electron chi connectivity index (χ2n) is 5.58. The molecule has 2 heterocycles. The fraction of sp³-hybridized carbons (Fsp3) is 0.250. The molecular weight excluding hydrogens is 365 g/mol. The third-order valence-corrected chi connectivity index (χ3v) is 4.38. The zero-order valence-electron chi connectivity index (χ0n) is 13.4. The number of carboxylic acids is 1. The number of thiazole rings is 1. The Hall–Kier alpha value is -2.85. The molecule has 3 rings (SSSR count). The molecule has 0 radical (unpaired) electrons. The number of benzene rings is 1. The standard InChI is InChI=1S/C16H14FN3O5S/c1-7(18-14(22)11-12(25-11)15(23)24)13(21)20-16-19-10(6-26-16)8-2-4-9(17)5-3-8/h2-7,11-12H,1H3,(H,18,22)(H,23,24)(H,19,20,21)/t7?,11-,12-/m0/s1. The van der Waals surface area contributed by atoms with E-state index in [9.17, 15) is 18.8 Å². The average molecular weight is 379 g/mol. The highest BCUT2D eigenvalue weighted by molar-refractivity contribution is 7.14. The summed E-state index contributed by atoms with van der Waals surface area (Å²) in [6, 6.07) is 4.88. The fourth-order valence-corrected chi connectivity index (χ4v) is 2.88. The smallest absolute Gasteiger partial charge is 0.336 e. The predicted molar refractivity (Wildman–Crippen MR) is 90.0 cm³/mol. The van der Waals surface area contributed by atoms with Gasteiger partial charge in [-0.15, -0.1) is 11.3 Å². The number of amides is 2. The van der Waals surface area contributed by atoms with Gasteiger partial charge >= 0.3 is 5.97 Å². The molecule has 0 saturated carbocycles. The van der Waals surface area contributed by atoms with Gasteiger partial charge in [-0.2, -0.15) is 0 Å². The van der Waals surface area contributed by atoms with Crippen molar-refractivity contribution in [2.45, 2.75) is 25.2 Å². The number of halogens is 1. The van der Waals surface area contributed by atoms with E-state index in [1.165, 1.54) is 30.4 Å². The minimum Gasteiger partial charge on any atom is -0.479 e. The van der Waals surface area contributed by atoms with Crippen LogP contribution in [0.4, 0.5) is 9.52 Å². The first-order valence-corrected chi connectivity index (χ1v) is 8.44. The van der Waals surface area contributed by atoms with Crippen molar-refractivity contribution in [3.8, 4) is 11.3 Å². The van der Waals surface area contributed by atoms with Crippen LogP contribution in [0.25, 0.3) is 11.3 Å². The largest absolute Gasteiger partial charge is 0.479 e. The molecule has 3 N–H and O–H groups in total. The number of nitrogens with one attached hydrogen (secondary N) is 2. The average Bonchev–Trinajstić information content (AvgIpc) is 3.29. The topological polar surface area (TPSA) is 121 Å². The Kier molecular flexibility index (Phi) is 4.96. The molecular formula is C16H14FN3O5S. The van der Waals surface area contributed by atoms with E-state index in [1.54, 1.807) is 17.5 Å². The molecule has 0 bridgehead atoms. The van der Waals surface area contributed by atoms with Crippen LogP contribution in [0.1, 0.15) is 6.92 Å². The zero-order chi connectivity index (χ0) is 18.8. The second-order valence-corrected chi connectivity index (χ2v) is 6.44. The van der Waals surface area contributed by atoms with Crippen LogP contribution in [-0.4, -0.2) is 46.1 Å². The van der Waals surface area contributed by atoms with Crippen molar-refractivity contribution in [2.75, 3.05) is 5.32 Å². The molecule has 1 saturated heterocycles. The van der Waals surface area contributed by atoms with E-state index in [4.69, 9.17) is 9.84 Å². The van der Waals surface area contributed by atoms with Gasteiger partial charge in [0.2, 0.25) is 5.91 Å². The molecule has 3 atom stereocenters. The van der Waals surface area contributed by atoms with Crippen LogP contribution in [0.5, 0.6) is 0 Å². The van der Waals surface area contributed by atoms with E-state index >= 15 is 0 Å². The summed E-state index contributed by atoms with van der Waals surface area (Å²) < 4.78 is 17.7. The first kappa shape index (κ1) is 18.0. The lowest BCUT2D eigenvalue weighted by Crippen LogP contribution is -2.44. The second kappa shape index (κ2) is 7.18. The number of hydrogen-bond donors (Lipinski definition) is 3. The predicted octanol–water partition coefficient (Wildman–Crippen LogP) is 1.24. The van der Waals surface area contributed by atoms with Gasteiger partial charge in [-0.05, 0) is 31.2 Å². The number of hydrogen-bond acceptors (Lipinski definition) is 6. The minimum atomic E-state index is -1.22. The molecule has 0 spiro atoms. The molecule has 10 heteroatoms. The molecule has 1 aliphatic rings. The first-order valence-electron chi connectivity index (χ1n) is 7.56. The lowest BCUT2D eigenvalue weighted by atomic mass is 10.2. The molecule has 1 unspecified atom stereocenters. The number of aromatic nitrogens is 1. The van der Waals surface area contributed by atoms with Crippen LogP contribution in [-0.2, 0) is 19.1 Å². The third-order valence-electron chi connectivity index (χ3n) is 3.62. The maximum atomic E-state index is 13.0. The van der Waals surface area contributed by atoms with Crippen LogP contribution < -0.4 is 10.6 Å². The first-order chi connectivity index (χ1) is 12.3. The van der Waals surface area contributed by atoms with Gasteiger partial charge in [0.05, 0.1) is 5.69 Å². The Morgan fingerprint density at radius 3 is 2.58 bits per heavy atom. The number of aliphatic carboxylic acids is 1. The van der Waals surface area contributed by atoms with Crippen LogP contribution >= 0.6 is 11.3 Å². The van der Waals surface area contributed by atoms with E-state index in [0.29, 0.717) is 16.4 Å². The maximum Gasteiger partial charge on any atom is 0.336 e. The highest BCUT2D eigenvalue weighted by Crippen LogP contribution is 2.25. The summed E-state index contributed by atoms with van der Waals surface area (Å²) in [5, 5.41) is 15.7. The lowest BCUT2D eigenvalue weighted by Gasteiger charge is -2.11. The summed E-state index contributed by atoms with van der Waals surface area (Å²) >= 11 is 1.18. The van der Waals surface area contributed by atoms with Gasteiger partial charge in [-0.25, -0.2) is 14.2 Å². The van der Waals surface area contributed by atoms with Crippen molar-refractivity contribution in [3.05, 3.63) is 35.5 Å². The van der Waals surface area contributed by atoms with Crippen LogP contribution in [0.15, 0.2) is 29.6 Å². The van der Waals surface area contributed by atoms with Crippen molar-refractivity contribution in [3.63, 3.8) is 0 Å². The van der Waals surface area contributed by atoms with Gasteiger partial charge in [0.25, 0.3) is 5.91 Å². The lowest BCUT2D eigenvalue weighted by molar-refractivity contribution is -0.138. The molecule has 26 heavy (non-hydrogen) atoms. The van der Waals surface area contributed by atoms with E-state index in [-0.39, 0.29) is 5.82 Å². The Balaban J connectivity index is 1.55. The molecule has 2 amide bonds. The summed E-state index contributed by atoms with van der Waals surface area (Å²) in [6.07, 6.45) is -2.24. The summed E-state index contributed by atoms with van der Waals surface area (Å²) in [7, 11) is 0.